The molecule has 1 aliphatic rings. The van der Waals surface area contributed by atoms with Crippen molar-refractivity contribution in [3.05, 3.63) is 29.8 Å². The van der Waals surface area contributed by atoms with E-state index in [1.54, 1.807) is 31.2 Å². The van der Waals surface area contributed by atoms with Crippen LogP contribution in [-0.2, 0) is 14.3 Å². The van der Waals surface area contributed by atoms with Crippen molar-refractivity contribution < 1.29 is 19.4 Å². The third-order valence-corrected chi connectivity index (χ3v) is 2.65. The minimum absolute atomic E-state index is 0.0877. The highest BCUT2D eigenvalue weighted by atomic mass is 16.7. The maximum Gasteiger partial charge on any atom is 0.245 e. The van der Waals surface area contributed by atoms with E-state index in [4.69, 9.17) is 9.47 Å². The second kappa shape index (κ2) is 5.81. The van der Waals surface area contributed by atoms with Crippen molar-refractivity contribution in [2.45, 2.75) is 19.1 Å². The van der Waals surface area contributed by atoms with Crippen LogP contribution >= 0.6 is 0 Å². The lowest BCUT2D eigenvalue weighted by molar-refractivity contribution is -0.159. The molecule has 0 radical (unpaired) electrons. The molecule has 0 unspecified atom stereocenters. The van der Waals surface area contributed by atoms with Gasteiger partial charge in [-0.1, -0.05) is 12.1 Å². The van der Waals surface area contributed by atoms with Crippen LogP contribution in [0.2, 0.25) is 0 Å². The summed E-state index contributed by atoms with van der Waals surface area (Å²) in [5.74, 6) is -0.999. The number of nitrogens with one attached hydrogen (secondary N) is 1. The van der Waals surface area contributed by atoms with Gasteiger partial charge in [0.1, 0.15) is 5.75 Å². The maximum atomic E-state index is 11.6. The molecule has 0 aromatic heterocycles. The lowest BCUT2D eigenvalue weighted by Gasteiger charge is -2.20. The molecule has 6 nitrogen and oxygen atoms in total. The number of benzene rings is 1. The minimum Gasteiger partial charge on any atom is -0.508 e. The number of phenols is 1. The summed E-state index contributed by atoms with van der Waals surface area (Å²) in [7, 11) is 0. The zero-order valence-electron chi connectivity index (χ0n) is 10.6. The molecule has 0 bridgehead atoms. The van der Waals surface area contributed by atoms with E-state index in [0.717, 1.165) is 0 Å². The van der Waals surface area contributed by atoms with Crippen LogP contribution < -0.4 is 5.43 Å². The van der Waals surface area contributed by atoms with Gasteiger partial charge in [-0.25, -0.2) is 5.43 Å². The zero-order chi connectivity index (χ0) is 13.7. The molecule has 1 amide bonds. The predicted octanol–water partition coefficient (Wildman–Crippen LogP) is 0.995. The van der Waals surface area contributed by atoms with Crippen molar-refractivity contribution in [2.75, 3.05) is 13.2 Å². The third-order valence-electron chi connectivity index (χ3n) is 2.65. The van der Waals surface area contributed by atoms with Crippen LogP contribution in [0.25, 0.3) is 0 Å². The van der Waals surface area contributed by atoms with Crippen LogP contribution in [-0.4, -0.2) is 36.2 Å². The van der Waals surface area contributed by atoms with Crippen LogP contribution in [0.3, 0.4) is 0 Å². The van der Waals surface area contributed by atoms with Crippen molar-refractivity contribution in [1.29, 1.82) is 0 Å². The molecule has 2 N–H and O–H groups in total. The third kappa shape index (κ3) is 4.04. The Hall–Kier alpha value is -1.92. The van der Waals surface area contributed by atoms with Crippen LogP contribution in [0.5, 0.6) is 5.75 Å². The summed E-state index contributed by atoms with van der Waals surface area (Å²) in [5, 5.41) is 13.1. The fourth-order valence-electron chi connectivity index (χ4n) is 1.77. The summed E-state index contributed by atoms with van der Waals surface area (Å²) in [6.45, 7) is 2.71. The minimum atomic E-state index is -0.857. The number of aromatic hydroxyl groups is 1. The normalized spacial score (nSPS) is 17.7. The number of amides is 1. The number of hydrazone groups is 1. The van der Waals surface area contributed by atoms with Gasteiger partial charge in [0, 0.05) is 0 Å². The highest BCUT2D eigenvalue weighted by Crippen LogP contribution is 2.22. The van der Waals surface area contributed by atoms with Gasteiger partial charge in [0.15, 0.2) is 5.79 Å². The molecule has 2 rings (SSSR count). The van der Waals surface area contributed by atoms with E-state index < -0.39 is 5.79 Å². The number of hydrogen-bond donors (Lipinski definition) is 2. The lowest BCUT2D eigenvalue weighted by Crippen LogP contribution is -2.33. The Morgan fingerprint density at radius 3 is 2.95 bits per heavy atom. The number of nitrogens with zero attached hydrogens (tertiary/aromatic N) is 1. The first-order chi connectivity index (χ1) is 9.07. The van der Waals surface area contributed by atoms with Crippen molar-refractivity contribution in [3.63, 3.8) is 0 Å². The standard InChI is InChI=1S/C13H16N2O4/c1-13(18-5-6-19-13)8-12(17)15-14-9-10-3-2-4-11(16)7-10/h2-4,7,9,16H,5-6,8H2,1H3,(H,15,17)/b14-9-. The molecule has 1 saturated heterocycles. The fraction of sp³-hybridized carbons (Fsp3) is 0.385. The molecular weight excluding hydrogens is 248 g/mol. The van der Waals surface area contributed by atoms with E-state index in [1.807, 2.05) is 0 Å². The summed E-state index contributed by atoms with van der Waals surface area (Å²) in [4.78, 5) is 11.6. The highest BCUT2D eigenvalue weighted by molar-refractivity contribution is 5.83. The van der Waals surface area contributed by atoms with Gasteiger partial charge in [0.25, 0.3) is 0 Å². The molecule has 1 aromatic rings. The first-order valence-electron chi connectivity index (χ1n) is 5.96. The average molecular weight is 264 g/mol. The molecule has 0 saturated carbocycles. The molecule has 0 spiro atoms. The molecule has 1 fully saturated rings. The van der Waals surface area contributed by atoms with Gasteiger partial charge in [-0.2, -0.15) is 5.10 Å². The summed E-state index contributed by atoms with van der Waals surface area (Å²) in [6.07, 6.45) is 1.54. The summed E-state index contributed by atoms with van der Waals surface area (Å²) in [6, 6.07) is 6.56. The van der Waals surface area contributed by atoms with E-state index in [2.05, 4.69) is 10.5 Å². The Bertz CT molecular complexity index is 481. The molecule has 0 aliphatic carbocycles. The van der Waals surface area contributed by atoms with Crippen molar-refractivity contribution in [2.24, 2.45) is 5.10 Å². The second-order valence-corrected chi connectivity index (χ2v) is 4.40. The molecule has 19 heavy (non-hydrogen) atoms. The smallest absolute Gasteiger partial charge is 0.245 e. The molecule has 6 heteroatoms. The van der Waals surface area contributed by atoms with Gasteiger partial charge in [0.2, 0.25) is 5.91 Å². The van der Waals surface area contributed by atoms with E-state index in [0.29, 0.717) is 18.8 Å². The summed E-state index contributed by atoms with van der Waals surface area (Å²) >= 11 is 0. The lowest BCUT2D eigenvalue weighted by atomic mass is 10.2. The van der Waals surface area contributed by atoms with E-state index in [9.17, 15) is 9.90 Å². The van der Waals surface area contributed by atoms with E-state index in [1.165, 1.54) is 6.21 Å². The van der Waals surface area contributed by atoms with Gasteiger partial charge in [-0.3, -0.25) is 4.79 Å². The van der Waals surface area contributed by atoms with Crippen LogP contribution in [0, 0.1) is 0 Å². The second-order valence-electron chi connectivity index (χ2n) is 4.40. The van der Waals surface area contributed by atoms with Crippen molar-refractivity contribution in [3.8, 4) is 5.75 Å². The SMILES string of the molecule is CC1(CC(=O)N/N=C\c2cccc(O)c2)OCCO1. The predicted molar refractivity (Wildman–Crippen MR) is 68.8 cm³/mol. The number of rotatable bonds is 4. The largest absolute Gasteiger partial charge is 0.508 e. The molecule has 0 atom stereocenters. The Morgan fingerprint density at radius 2 is 2.26 bits per heavy atom. The monoisotopic (exact) mass is 264 g/mol. The average Bonchev–Trinajstić information content (AvgIpc) is 2.75. The molecule has 102 valence electrons. The quantitative estimate of drug-likeness (QED) is 0.628. The summed E-state index contributed by atoms with van der Waals surface area (Å²) in [5.41, 5.74) is 3.09. The Balaban J connectivity index is 1.83. The Morgan fingerprint density at radius 1 is 1.53 bits per heavy atom. The molecule has 1 aromatic carbocycles. The highest BCUT2D eigenvalue weighted by Gasteiger charge is 2.33. The van der Waals surface area contributed by atoms with Crippen LogP contribution in [0.1, 0.15) is 18.9 Å². The molecular formula is C13H16N2O4. The Labute approximate surface area is 111 Å². The van der Waals surface area contributed by atoms with E-state index >= 15 is 0 Å². The number of phenolic OH excluding ortho intramolecular Hbond substituents is 1. The van der Waals surface area contributed by atoms with Gasteiger partial charge < -0.3 is 14.6 Å². The number of carbonyl (C=O) groups is 1. The first-order valence-corrected chi connectivity index (χ1v) is 5.96. The maximum absolute atomic E-state index is 11.6. The summed E-state index contributed by atoms with van der Waals surface area (Å²) < 4.78 is 10.6. The fourth-order valence-corrected chi connectivity index (χ4v) is 1.77. The van der Waals surface area contributed by atoms with Crippen LogP contribution in [0.4, 0.5) is 0 Å². The zero-order valence-corrected chi connectivity index (χ0v) is 10.6. The first kappa shape index (κ1) is 13.5. The van der Waals surface area contributed by atoms with Crippen molar-refractivity contribution >= 4 is 12.1 Å². The van der Waals surface area contributed by atoms with Gasteiger partial charge in [-0.15, -0.1) is 0 Å². The van der Waals surface area contributed by atoms with Gasteiger partial charge >= 0.3 is 0 Å². The number of carbonyl (C=O) groups excluding carboxylic acids is 1. The topological polar surface area (TPSA) is 80.2 Å². The van der Waals surface area contributed by atoms with Gasteiger partial charge in [0.05, 0.1) is 25.8 Å². The van der Waals surface area contributed by atoms with E-state index in [-0.39, 0.29) is 18.1 Å². The number of ether oxygens (including phenoxy) is 2. The van der Waals surface area contributed by atoms with Gasteiger partial charge in [-0.05, 0) is 24.6 Å². The number of hydrogen-bond acceptors (Lipinski definition) is 5. The molecule has 1 aliphatic heterocycles. The van der Waals surface area contributed by atoms with Crippen molar-refractivity contribution in [1.82, 2.24) is 5.43 Å². The Kier molecular flexibility index (Phi) is 4.13. The molecule has 1 heterocycles. The van der Waals surface area contributed by atoms with Crippen LogP contribution in [0.15, 0.2) is 29.4 Å².